The molecule has 1 atom stereocenters. The predicted octanol–water partition coefficient (Wildman–Crippen LogP) is 3.01. The van der Waals surface area contributed by atoms with E-state index < -0.39 is 0 Å². The Morgan fingerprint density at radius 2 is 2.23 bits per heavy atom. The van der Waals surface area contributed by atoms with Gasteiger partial charge in [-0.25, -0.2) is 9.07 Å². The van der Waals surface area contributed by atoms with Crippen molar-refractivity contribution in [2.75, 3.05) is 20.2 Å². The lowest BCUT2D eigenvalue weighted by atomic mass is 10.1. The van der Waals surface area contributed by atoms with Gasteiger partial charge in [-0.05, 0) is 38.4 Å². The minimum atomic E-state index is -0.263. The molecule has 0 N–H and O–H groups in total. The summed E-state index contributed by atoms with van der Waals surface area (Å²) in [6.45, 7) is 2.59. The highest BCUT2D eigenvalue weighted by atomic mass is 19.1. The number of hydrogen-bond donors (Lipinski definition) is 0. The van der Waals surface area contributed by atoms with Gasteiger partial charge in [0.25, 0.3) is 0 Å². The SMILES string of the molecule is CN(Cc1cnn(-c2ccccc2F)c1)C[C@H]1CCCCO1. The molecule has 1 aromatic heterocycles. The average Bonchev–Trinajstić information content (AvgIpc) is 2.97. The van der Waals surface area contributed by atoms with E-state index in [1.165, 1.54) is 18.9 Å². The molecule has 0 bridgehead atoms. The first-order valence-corrected chi connectivity index (χ1v) is 7.81. The molecule has 1 saturated heterocycles. The molecule has 5 heteroatoms. The molecule has 0 radical (unpaired) electrons. The lowest BCUT2D eigenvalue weighted by Gasteiger charge is -2.27. The van der Waals surface area contributed by atoms with Gasteiger partial charge < -0.3 is 4.74 Å². The minimum Gasteiger partial charge on any atom is -0.377 e. The lowest BCUT2D eigenvalue weighted by Crippen LogP contribution is -2.32. The number of hydrogen-bond acceptors (Lipinski definition) is 3. The molecule has 22 heavy (non-hydrogen) atoms. The summed E-state index contributed by atoms with van der Waals surface area (Å²) < 4.78 is 21.1. The van der Waals surface area contributed by atoms with Crippen molar-refractivity contribution in [2.45, 2.75) is 31.9 Å². The van der Waals surface area contributed by atoms with Crippen LogP contribution in [-0.4, -0.2) is 41.0 Å². The second kappa shape index (κ2) is 7.03. The van der Waals surface area contributed by atoms with Crippen molar-refractivity contribution in [1.82, 2.24) is 14.7 Å². The van der Waals surface area contributed by atoms with Crippen molar-refractivity contribution < 1.29 is 9.13 Å². The largest absolute Gasteiger partial charge is 0.377 e. The summed E-state index contributed by atoms with van der Waals surface area (Å²) in [6, 6.07) is 6.67. The number of rotatable bonds is 5. The molecule has 0 saturated carbocycles. The Bertz CT molecular complexity index is 607. The zero-order valence-electron chi connectivity index (χ0n) is 12.9. The number of para-hydroxylation sites is 1. The molecule has 4 nitrogen and oxygen atoms in total. The van der Waals surface area contributed by atoms with Gasteiger partial charge in [0.15, 0.2) is 0 Å². The van der Waals surface area contributed by atoms with E-state index >= 15 is 0 Å². The van der Waals surface area contributed by atoms with E-state index in [0.717, 1.165) is 31.7 Å². The summed E-state index contributed by atoms with van der Waals surface area (Å²) in [4.78, 5) is 2.23. The molecule has 0 aliphatic carbocycles. The van der Waals surface area contributed by atoms with Crippen molar-refractivity contribution in [1.29, 1.82) is 0 Å². The zero-order valence-corrected chi connectivity index (χ0v) is 12.9. The lowest BCUT2D eigenvalue weighted by molar-refractivity contribution is -0.00259. The van der Waals surface area contributed by atoms with Crippen molar-refractivity contribution in [3.63, 3.8) is 0 Å². The van der Waals surface area contributed by atoms with Crippen molar-refractivity contribution in [3.05, 3.63) is 48.0 Å². The monoisotopic (exact) mass is 303 g/mol. The Balaban J connectivity index is 1.60. The van der Waals surface area contributed by atoms with Crippen LogP contribution in [0.15, 0.2) is 36.7 Å². The van der Waals surface area contributed by atoms with Crippen LogP contribution in [0.2, 0.25) is 0 Å². The van der Waals surface area contributed by atoms with E-state index in [9.17, 15) is 4.39 Å². The number of halogens is 1. The van der Waals surface area contributed by atoms with E-state index in [1.54, 1.807) is 23.0 Å². The molecule has 3 rings (SSSR count). The molecule has 0 spiro atoms. The van der Waals surface area contributed by atoms with E-state index in [4.69, 9.17) is 4.74 Å². The summed E-state index contributed by atoms with van der Waals surface area (Å²) in [5.41, 5.74) is 1.55. The highest BCUT2D eigenvalue weighted by Crippen LogP contribution is 2.16. The first-order valence-electron chi connectivity index (χ1n) is 7.81. The number of likely N-dealkylation sites (N-methyl/N-ethyl adjacent to an activating group) is 1. The molecule has 118 valence electrons. The van der Waals surface area contributed by atoms with Crippen LogP contribution in [-0.2, 0) is 11.3 Å². The maximum atomic E-state index is 13.8. The van der Waals surface area contributed by atoms with Gasteiger partial charge in [-0.2, -0.15) is 5.10 Å². The third kappa shape index (κ3) is 3.72. The number of nitrogens with zero attached hydrogens (tertiary/aromatic N) is 3. The summed E-state index contributed by atoms with van der Waals surface area (Å²) in [6.07, 6.45) is 7.58. The van der Waals surface area contributed by atoms with E-state index in [-0.39, 0.29) is 5.82 Å². The average molecular weight is 303 g/mol. The molecule has 2 heterocycles. The van der Waals surface area contributed by atoms with Crippen molar-refractivity contribution in [3.8, 4) is 5.69 Å². The van der Waals surface area contributed by atoms with Crippen LogP contribution in [0, 0.1) is 5.82 Å². The Kier molecular flexibility index (Phi) is 4.85. The highest BCUT2D eigenvalue weighted by molar-refractivity contribution is 5.32. The van der Waals surface area contributed by atoms with Gasteiger partial charge >= 0.3 is 0 Å². The summed E-state index contributed by atoms with van der Waals surface area (Å²) >= 11 is 0. The third-order valence-corrected chi connectivity index (χ3v) is 3.98. The minimum absolute atomic E-state index is 0.263. The van der Waals surface area contributed by atoms with Crippen LogP contribution in [0.4, 0.5) is 4.39 Å². The number of ether oxygens (including phenoxy) is 1. The second-order valence-electron chi connectivity index (χ2n) is 5.93. The third-order valence-electron chi connectivity index (χ3n) is 3.98. The normalized spacial score (nSPS) is 18.8. The van der Waals surface area contributed by atoms with Gasteiger partial charge in [-0.1, -0.05) is 12.1 Å². The van der Waals surface area contributed by atoms with E-state index in [0.29, 0.717) is 11.8 Å². The van der Waals surface area contributed by atoms with Crippen molar-refractivity contribution in [2.24, 2.45) is 0 Å². The molecule has 1 aliphatic rings. The van der Waals surface area contributed by atoms with E-state index in [2.05, 4.69) is 17.0 Å². The maximum Gasteiger partial charge on any atom is 0.148 e. The smallest absolute Gasteiger partial charge is 0.148 e. The molecule has 0 amide bonds. The zero-order chi connectivity index (χ0) is 15.4. The van der Waals surface area contributed by atoms with Crippen LogP contribution >= 0.6 is 0 Å². The van der Waals surface area contributed by atoms with Crippen molar-refractivity contribution >= 4 is 0 Å². The van der Waals surface area contributed by atoms with Crippen LogP contribution in [0.1, 0.15) is 24.8 Å². The first-order chi connectivity index (χ1) is 10.7. The molecule has 1 aromatic carbocycles. The molecular formula is C17H22FN3O. The summed E-state index contributed by atoms with van der Waals surface area (Å²) in [7, 11) is 2.08. The van der Waals surface area contributed by atoms with E-state index in [1.807, 2.05) is 12.3 Å². The Labute approximate surface area is 130 Å². The van der Waals surface area contributed by atoms with Gasteiger partial charge in [0, 0.05) is 31.5 Å². The van der Waals surface area contributed by atoms with Gasteiger partial charge in [-0.15, -0.1) is 0 Å². The first kappa shape index (κ1) is 15.2. The Morgan fingerprint density at radius 3 is 3.00 bits per heavy atom. The number of benzene rings is 1. The second-order valence-corrected chi connectivity index (χ2v) is 5.93. The summed E-state index contributed by atoms with van der Waals surface area (Å²) in [5.74, 6) is -0.263. The maximum absolute atomic E-state index is 13.8. The molecule has 0 unspecified atom stereocenters. The van der Waals surface area contributed by atoms with Gasteiger partial charge in [0.05, 0.1) is 12.3 Å². The van der Waals surface area contributed by atoms with Crippen LogP contribution in [0.25, 0.3) is 5.69 Å². The highest BCUT2D eigenvalue weighted by Gasteiger charge is 2.16. The van der Waals surface area contributed by atoms with Gasteiger partial charge in [0.2, 0.25) is 0 Å². The van der Waals surface area contributed by atoms with Crippen LogP contribution in [0.5, 0.6) is 0 Å². The quantitative estimate of drug-likeness (QED) is 0.850. The predicted molar refractivity (Wildman–Crippen MR) is 83.4 cm³/mol. The van der Waals surface area contributed by atoms with Crippen LogP contribution < -0.4 is 0 Å². The molecular weight excluding hydrogens is 281 g/mol. The van der Waals surface area contributed by atoms with Gasteiger partial charge in [0.1, 0.15) is 11.5 Å². The fourth-order valence-corrected chi connectivity index (χ4v) is 2.89. The van der Waals surface area contributed by atoms with Gasteiger partial charge in [-0.3, -0.25) is 4.90 Å². The molecule has 1 fully saturated rings. The fourth-order valence-electron chi connectivity index (χ4n) is 2.89. The Morgan fingerprint density at radius 1 is 1.36 bits per heavy atom. The van der Waals surface area contributed by atoms with Crippen LogP contribution in [0.3, 0.4) is 0 Å². The molecule has 2 aromatic rings. The molecule has 1 aliphatic heterocycles. The standard InChI is InChI=1S/C17H22FN3O/c1-20(13-15-6-4-5-9-22-15)11-14-10-19-21(12-14)17-8-3-2-7-16(17)18/h2-3,7-8,10,12,15H,4-6,9,11,13H2,1H3/t15-/m1/s1. The summed E-state index contributed by atoms with van der Waals surface area (Å²) in [5, 5.41) is 4.27. The number of aromatic nitrogens is 2. The fraction of sp³-hybridized carbons (Fsp3) is 0.471. The topological polar surface area (TPSA) is 30.3 Å². The Hall–Kier alpha value is -1.72.